The molecule has 4 rings (SSSR count). The van der Waals surface area contributed by atoms with Crippen LogP contribution in [0.4, 0.5) is 0 Å². The number of methoxy groups -OCH3 is 1. The van der Waals surface area contributed by atoms with Gasteiger partial charge in [0, 0.05) is 16.5 Å². The lowest BCUT2D eigenvalue weighted by Gasteiger charge is -2.06. The van der Waals surface area contributed by atoms with Crippen molar-refractivity contribution in [2.75, 3.05) is 7.11 Å². The molecule has 2 aromatic heterocycles. The molecule has 0 aliphatic heterocycles. The molecule has 0 aliphatic rings. The van der Waals surface area contributed by atoms with Crippen molar-refractivity contribution in [3.05, 3.63) is 42.5 Å². The van der Waals surface area contributed by atoms with Crippen LogP contribution in [0.1, 0.15) is 0 Å². The van der Waals surface area contributed by atoms with Crippen LogP contribution < -0.4 is 4.74 Å². The molecule has 0 saturated heterocycles. The van der Waals surface area contributed by atoms with Gasteiger partial charge in [0.05, 0.1) is 12.6 Å². The van der Waals surface area contributed by atoms with E-state index in [9.17, 15) is 0 Å². The maximum absolute atomic E-state index is 5.38. The van der Waals surface area contributed by atoms with Crippen LogP contribution in [-0.4, -0.2) is 37.9 Å². The van der Waals surface area contributed by atoms with E-state index in [1.807, 2.05) is 42.5 Å². The number of fused-ring (bicyclic) bond motifs is 1. The number of benzene rings is 2. The number of tetrazole rings is 1. The van der Waals surface area contributed by atoms with Crippen molar-refractivity contribution in [3.8, 4) is 28.4 Å². The second kappa shape index (κ2) is 4.96. The standard InChI is InChI=1S/C15H12N6O/c1-22-11-7-9(6-10(8-11)15-18-20-21-19-15)14-12-4-2-3-5-13(12)16-17-14/h2-8H,1H3,(H,16,17)(H,18,19,20,21). The van der Waals surface area contributed by atoms with Crippen LogP contribution in [-0.2, 0) is 0 Å². The molecule has 7 nitrogen and oxygen atoms in total. The Labute approximate surface area is 125 Å². The first kappa shape index (κ1) is 12.5. The Kier molecular flexibility index (Phi) is 2.82. The van der Waals surface area contributed by atoms with Crippen LogP contribution in [0, 0.1) is 0 Å². The summed E-state index contributed by atoms with van der Waals surface area (Å²) in [5.74, 6) is 1.23. The predicted octanol–water partition coefficient (Wildman–Crippen LogP) is 2.42. The highest BCUT2D eigenvalue weighted by molar-refractivity contribution is 5.93. The van der Waals surface area contributed by atoms with Crippen molar-refractivity contribution >= 4 is 10.9 Å². The highest BCUT2D eigenvalue weighted by Gasteiger charge is 2.12. The Balaban J connectivity index is 1.93. The Morgan fingerprint density at radius 3 is 2.68 bits per heavy atom. The van der Waals surface area contributed by atoms with Crippen LogP contribution in [0.3, 0.4) is 0 Å². The van der Waals surface area contributed by atoms with Gasteiger partial charge in [-0.2, -0.15) is 10.3 Å². The maximum atomic E-state index is 5.38. The molecule has 0 fully saturated rings. The van der Waals surface area contributed by atoms with E-state index in [-0.39, 0.29) is 0 Å². The zero-order valence-corrected chi connectivity index (χ0v) is 11.7. The summed E-state index contributed by atoms with van der Waals surface area (Å²) >= 11 is 0. The molecular formula is C15H12N6O. The average molecular weight is 292 g/mol. The molecule has 4 aromatic rings. The van der Waals surface area contributed by atoms with E-state index in [1.165, 1.54) is 0 Å². The van der Waals surface area contributed by atoms with E-state index in [4.69, 9.17) is 4.74 Å². The monoisotopic (exact) mass is 292 g/mol. The third-order valence-electron chi connectivity index (χ3n) is 3.49. The average Bonchev–Trinajstić information content (AvgIpc) is 3.24. The van der Waals surface area contributed by atoms with E-state index in [0.717, 1.165) is 27.7 Å². The van der Waals surface area contributed by atoms with Crippen molar-refractivity contribution in [1.82, 2.24) is 30.8 Å². The lowest BCUT2D eigenvalue weighted by molar-refractivity contribution is 0.415. The van der Waals surface area contributed by atoms with Crippen molar-refractivity contribution in [1.29, 1.82) is 0 Å². The van der Waals surface area contributed by atoms with E-state index < -0.39 is 0 Å². The summed E-state index contributed by atoms with van der Waals surface area (Å²) in [4.78, 5) is 0. The summed E-state index contributed by atoms with van der Waals surface area (Å²) in [5.41, 5.74) is 3.59. The first-order chi connectivity index (χ1) is 10.8. The molecular weight excluding hydrogens is 280 g/mol. The van der Waals surface area contributed by atoms with Crippen LogP contribution in [0.25, 0.3) is 33.5 Å². The zero-order valence-electron chi connectivity index (χ0n) is 11.7. The number of rotatable bonds is 3. The number of H-pyrrole nitrogens is 2. The van der Waals surface area contributed by atoms with E-state index in [0.29, 0.717) is 11.6 Å². The molecule has 108 valence electrons. The second-order valence-corrected chi connectivity index (χ2v) is 4.80. The number of aromatic nitrogens is 6. The van der Waals surface area contributed by atoms with E-state index >= 15 is 0 Å². The molecule has 2 N–H and O–H groups in total. The van der Waals surface area contributed by atoms with Crippen molar-refractivity contribution in [2.24, 2.45) is 0 Å². The Bertz CT molecular complexity index is 928. The molecule has 2 aromatic carbocycles. The highest BCUT2D eigenvalue weighted by atomic mass is 16.5. The van der Waals surface area contributed by atoms with Crippen molar-refractivity contribution in [3.63, 3.8) is 0 Å². The number of ether oxygens (including phenoxy) is 1. The molecule has 0 bridgehead atoms. The number of hydrogen-bond acceptors (Lipinski definition) is 5. The topological polar surface area (TPSA) is 92.4 Å². The van der Waals surface area contributed by atoms with Gasteiger partial charge in [0.1, 0.15) is 11.4 Å². The molecule has 0 saturated carbocycles. The number of aromatic amines is 2. The second-order valence-electron chi connectivity index (χ2n) is 4.80. The minimum absolute atomic E-state index is 0.514. The fourth-order valence-corrected chi connectivity index (χ4v) is 2.45. The maximum Gasteiger partial charge on any atom is 0.204 e. The largest absolute Gasteiger partial charge is 0.497 e. The third kappa shape index (κ3) is 1.99. The smallest absolute Gasteiger partial charge is 0.204 e. The summed E-state index contributed by atoms with van der Waals surface area (Å²) in [6.45, 7) is 0. The lowest BCUT2D eigenvalue weighted by atomic mass is 10.0. The fraction of sp³-hybridized carbons (Fsp3) is 0.0667. The summed E-state index contributed by atoms with van der Waals surface area (Å²) in [6.07, 6.45) is 0. The van der Waals surface area contributed by atoms with Gasteiger partial charge >= 0.3 is 0 Å². The van der Waals surface area contributed by atoms with Crippen LogP contribution in [0.2, 0.25) is 0 Å². The van der Waals surface area contributed by atoms with E-state index in [2.05, 4.69) is 30.8 Å². The molecule has 0 radical (unpaired) electrons. The van der Waals surface area contributed by atoms with Crippen molar-refractivity contribution in [2.45, 2.75) is 0 Å². The third-order valence-corrected chi connectivity index (χ3v) is 3.49. The lowest BCUT2D eigenvalue weighted by Crippen LogP contribution is -1.89. The van der Waals surface area contributed by atoms with Gasteiger partial charge in [-0.15, -0.1) is 10.2 Å². The van der Waals surface area contributed by atoms with Gasteiger partial charge in [0.25, 0.3) is 0 Å². The van der Waals surface area contributed by atoms with Gasteiger partial charge in [-0.3, -0.25) is 5.10 Å². The molecule has 0 unspecified atom stereocenters. The molecule has 0 aliphatic carbocycles. The summed E-state index contributed by atoms with van der Waals surface area (Å²) in [7, 11) is 1.63. The van der Waals surface area contributed by atoms with Gasteiger partial charge < -0.3 is 4.74 Å². The van der Waals surface area contributed by atoms with Gasteiger partial charge in [0.2, 0.25) is 5.82 Å². The molecule has 22 heavy (non-hydrogen) atoms. The number of hydrogen-bond donors (Lipinski definition) is 2. The molecule has 2 heterocycles. The van der Waals surface area contributed by atoms with Crippen LogP contribution in [0.15, 0.2) is 42.5 Å². The predicted molar refractivity (Wildman–Crippen MR) is 81.3 cm³/mol. The molecule has 0 atom stereocenters. The number of para-hydroxylation sites is 1. The quantitative estimate of drug-likeness (QED) is 0.605. The minimum Gasteiger partial charge on any atom is -0.497 e. The normalized spacial score (nSPS) is 11.0. The first-order valence-electron chi connectivity index (χ1n) is 6.71. The van der Waals surface area contributed by atoms with Crippen molar-refractivity contribution < 1.29 is 4.74 Å². The Hall–Kier alpha value is -3.22. The number of nitrogens with one attached hydrogen (secondary N) is 2. The fourth-order valence-electron chi connectivity index (χ4n) is 2.45. The number of nitrogens with zero attached hydrogens (tertiary/aromatic N) is 4. The summed E-state index contributed by atoms with van der Waals surface area (Å²) in [6, 6.07) is 13.8. The van der Waals surface area contributed by atoms with Gasteiger partial charge in [-0.05, 0) is 29.5 Å². The van der Waals surface area contributed by atoms with E-state index in [1.54, 1.807) is 7.11 Å². The van der Waals surface area contributed by atoms with Crippen LogP contribution >= 0.6 is 0 Å². The Morgan fingerprint density at radius 2 is 1.86 bits per heavy atom. The molecule has 0 amide bonds. The zero-order chi connectivity index (χ0) is 14.9. The molecule has 0 spiro atoms. The first-order valence-corrected chi connectivity index (χ1v) is 6.71. The van der Waals surface area contributed by atoms with Gasteiger partial charge in [-0.25, -0.2) is 0 Å². The highest BCUT2D eigenvalue weighted by Crippen LogP contribution is 2.32. The Morgan fingerprint density at radius 1 is 1.00 bits per heavy atom. The SMILES string of the molecule is COc1cc(-c2nn[nH]n2)cc(-c2n[nH]c3ccccc23)c1. The van der Waals surface area contributed by atoms with Gasteiger partial charge in [-0.1, -0.05) is 18.2 Å². The molecule has 7 heteroatoms. The van der Waals surface area contributed by atoms with Crippen LogP contribution in [0.5, 0.6) is 5.75 Å². The summed E-state index contributed by atoms with van der Waals surface area (Å²) in [5, 5.41) is 22.6. The van der Waals surface area contributed by atoms with Gasteiger partial charge in [0.15, 0.2) is 0 Å². The minimum atomic E-state index is 0.514. The summed E-state index contributed by atoms with van der Waals surface area (Å²) < 4.78 is 5.38.